The van der Waals surface area contributed by atoms with Crippen LogP contribution in [0, 0.1) is 0 Å². The van der Waals surface area contributed by atoms with Crippen LogP contribution in [0.25, 0.3) is 0 Å². The first-order valence-corrected chi connectivity index (χ1v) is 27.1. The van der Waals surface area contributed by atoms with E-state index in [-0.39, 0.29) is 19.1 Å². The Morgan fingerprint density at radius 2 is 0.898 bits per heavy atom. The van der Waals surface area contributed by atoms with E-state index in [0.717, 1.165) is 32.1 Å². The summed E-state index contributed by atoms with van der Waals surface area (Å²) in [6.45, 7) is 4.84. The maximum absolute atomic E-state index is 12.9. The van der Waals surface area contributed by atoms with Gasteiger partial charge >= 0.3 is 7.82 Å². The number of phosphoric ester groups is 1. The molecule has 9 heteroatoms. The van der Waals surface area contributed by atoms with E-state index in [1.807, 2.05) is 27.2 Å². The molecule has 3 atom stereocenters. The minimum Gasteiger partial charge on any atom is -0.387 e. The van der Waals surface area contributed by atoms with Crippen molar-refractivity contribution in [2.45, 2.75) is 264 Å². The van der Waals surface area contributed by atoms with Crippen molar-refractivity contribution < 1.29 is 32.9 Å². The molecule has 0 aromatic rings. The van der Waals surface area contributed by atoms with Gasteiger partial charge in [0.05, 0.1) is 39.9 Å². The third-order valence-corrected chi connectivity index (χ3v) is 12.7. The number of allylic oxidation sites excluding steroid dienone is 1. The number of nitrogens with zero attached hydrogens (tertiary/aromatic N) is 1. The number of likely N-dealkylation sites (N-methyl/N-ethyl adjacent to an activating group) is 1. The van der Waals surface area contributed by atoms with E-state index in [9.17, 15) is 19.4 Å². The summed E-state index contributed by atoms with van der Waals surface area (Å²) in [4.78, 5) is 23.2. The summed E-state index contributed by atoms with van der Waals surface area (Å²) in [6.07, 6.45) is 50.1. The topological polar surface area (TPSA) is 105 Å². The second-order valence-electron chi connectivity index (χ2n) is 18.9. The van der Waals surface area contributed by atoms with Crippen LogP contribution in [0.5, 0.6) is 0 Å². The predicted molar refractivity (Wildman–Crippen MR) is 254 cm³/mol. The van der Waals surface area contributed by atoms with Crippen LogP contribution in [-0.4, -0.2) is 73.4 Å². The van der Waals surface area contributed by atoms with Gasteiger partial charge in [0, 0.05) is 6.42 Å². The van der Waals surface area contributed by atoms with E-state index in [0.29, 0.717) is 17.4 Å². The molecule has 0 saturated carbocycles. The number of hydrogen-bond acceptors (Lipinski definition) is 5. The lowest BCUT2D eigenvalue weighted by molar-refractivity contribution is -0.870. The van der Waals surface area contributed by atoms with Gasteiger partial charge in [0.15, 0.2) is 0 Å². The highest BCUT2D eigenvalue weighted by Gasteiger charge is 2.27. The number of phosphoric acid groups is 1. The summed E-state index contributed by atoms with van der Waals surface area (Å²) in [6, 6.07) is -0.840. The van der Waals surface area contributed by atoms with Crippen molar-refractivity contribution in [1.29, 1.82) is 0 Å². The Labute approximate surface area is 367 Å². The first kappa shape index (κ1) is 58.2. The summed E-state index contributed by atoms with van der Waals surface area (Å²) in [7, 11) is 1.58. The molecule has 59 heavy (non-hydrogen) atoms. The van der Waals surface area contributed by atoms with Crippen LogP contribution < -0.4 is 5.32 Å². The molecule has 0 fully saturated rings. The largest absolute Gasteiger partial charge is 0.472 e. The number of amides is 1. The fourth-order valence-corrected chi connectivity index (χ4v) is 8.43. The van der Waals surface area contributed by atoms with Crippen molar-refractivity contribution in [1.82, 2.24) is 5.32 Å². The molecule has 0 aliphatic heterocycles. The van der Waals surface area contributed by atoms with E-state index >= 15 is 0 Å². The van der Waals surface area contributed by atoms with E-state index in [2.05, 4.69) is 19.2 Å². The molecule has 8 nitrogen and oxygen atoms in total. The number of rotatable bonds is 47. The van der Waals surface area contributed by atoms with Gasteiger partial charge in [-0.1, -0.05) is 238 Å². The van der Waals surface area contributed by atoms with Crippen LogP contribution in [0.1, 0.15) is 251 Å². The number of carbonyl (C=O) groups is 1. The number of hydrogen-bond donors (Lipinski definition) is 3. The highest BCUT2D eigenvalue weighted by molar-refractivity contribution is 7.47. The number of unbranched alkanes of at least 4 members (excludes halogenated alkanes) is 34. The molecule has 0 aliphatic carbocycles. The Bertz CT molecular complexity index is 974. The standard InChI is InChI=1S/C50H101N2O6P/c1-6-8-10-12-14-16-18-20-21-22-23-24-25-26-27-28-29-30-32-33-35-37-39-41-43-49(53)48(47-58-59(55,56)57-46-45-52(3,4)5)51-50(54)44-42-40-38-36-34-31-19-17-15-13-11-9-7-2/h41,43,48-49,53H,6-40,42,44-47H2,1-5H3,(H-,51,54,55,56)/p+1/b43-41+. The molecule has 0 radical (unpaired) electrons. The quantitative estimate of drug-likeness (QED) is 0.0244. The molecular formula is C50H102N2O6P+. The van der Waals surface area contributed by atoms with Gasteiger partial charge in [-0.3, -0.25) is 13.8 Å². The smallest absolute Gasteiger partial charge is 0.387 e. The van der Waals surface area contributed by atoms with E-state index in [4.69, 9.17) is 9.05 Å². The zero-order chi connectivity index (χ0) is 43.6. The second kappa shape index (κ2) is 42.5. The summed E-state index contributed by atoms with van der Waals surface area (Å²) >= 11 is 0. The van der Waals surface area contributed by atoms with Gasteiger partial charge in [0.2, 0.25) is 5.91 Å². The molecule has 0 rings (SSSR count). The average Bonchev–Trinajstić information content (AvgIpc) is 3.19. The monoisotopic (exact) mass is 858 g/mol. The normalized spacial score (nSPS) is 14.2. The third kappa shape index (κ3) is 45.1. The molecule has 3 unspecified atom stereocenters. The first-order valence-electron chi connectivity index (χ1n) is 25.6. The van der Waals surface area contributed by atoms with Crippen molar-refractivity contribution in [3.05, 3.63) is 12.2 Å². The molecule has 352 valence electrons. The fraction of sp³-hybridized carbons (Fsp3) is 0.940. The lowest BCUT2D eigenvalue weighted by Gasteiger charge is -2.25. The van der Waals surface area contributed by atoms with Gasteiger partial charge in [-0.2, -0.15) is 0 Å². The molecule has 0 aliphatic rings. The average molecular weight is 858 g/mol. The summed E-state index contributed by atoms with van der Waals surface area (Å²) in [5.74, 6) is -0.174. The minimum atomic E-state index is -4.33. The maximum Gasteiger partial charge on any atom is 0.472 e. The molecule has 0 aromatic heterocycles. The highest BCUT2D eigenvalue weighted by Crippen LogP contribution is 2.43. The van der Waals surface area contributed by atoms with Gasteiger partial charge in [0.1, 0.15) is 13.2 Å². The lowest BCUT2D eigenvalue weighted by Crippen LogP contribution is -2.45. The summed E-state index contributed by atoms with van der Waals surface area (Å²) < 4.78 is 23.6. The van der Waals surface area contributed by atoms with Gasteiger partial charge in [-0.05, 0) is 19.3 Å². The first-order chi connectivity index (χ1) is 28.5. The van der Waals surface area contributed by atoms with Gasteiger partial charge in [0.25, 0.3) is 0 Å². The van der Waals surface area contributed by atoms with E-state index < -0.39 is 20.0 Å². The number of aliphatic hydroxyl groups is 1. The molecule has 0 spiro atoms. The van der Waals surface area contributed by atoms with Crippen molar-refractivity contribution in [2.24, 2.45) is 0 Å². The molecule has 3 N–H and O–H groups in total. The maximum atomic E-state index is 12.9. The van der Waals surface area contributed by atoms with Crippen LogP contribution in [0.15, 0.2) is 12.2 Å². The SMILES string of the molecule is CCCCCCCCCCCCCCCCCCCCCCCC/C=C/C(O)C(COP(=O)(O)OCC[N+](C)(C)C)NC(=O)CCCCCCCCCCCCCCC. The van der Waals surface area contributed by atoms with Crippen molar-refractivity contribution in [3.63, 3.8) is 0 Å². The Balaban J connectivity index is 4.22. The second-order valence-corrected chi connectivity index (χ2v) is 20.4. The van der Waals surface area contributed by atoms with Crippen LogP contribution in [-0.2, 0) is 18.4 Å². The van der Waals surface area contributed by atoms with E-state index in [1.54, 1.807) is 6.08 Å². The molecule has 0 bridgehead atoms. The van der Waals surface area contributed by atoms with Crippen LogP contribution >= 0.6 is 7.82 Å². The van der Waals surface area contributed by atoms with Crippen molar-refractivity contribution in [2.75, 3.05) is 40.9 Å². The zero-order valence-corrected chi connectivity index (χ0v) is 40.9. The Morgan fingerprint density at radius 1 is 0.559 bits per heavy atom. The van der Waals surface area contributed by atoms with Crippen molar-refractivity contribution in [3.8, 4) is 0 Å². The van der Waals surface area contributed by atoms with Crippen LogP contribution in [0.2, 0.25) is 0 Å². The highest BCUT2D eigenvalue weighted by atomic mass is 31.2. The Morgan fingerprint density at radius 3 is 1.25 bits per heavy atom. The molecule has 0 saturated heterocycles. The molecule has 0 heterocycles. The summed E-state index contributed by atoms with van der Waals surface area (Å²) in [5, 5.41) is 13.9. The van der Waals surface area contributed by atoms with Gasteiger partial charge in [-0.25, -0.2) is 4.57 Å². The Kier molecular flexibility index (Phi) is 42.0. The predicted octanol–water partition coefficient (Wildman–Crippen LogP) is 14.7. The third-order valence-electron chi connectivity index (χ3n) is 11.8. The number of carbonyl (C=O) groups excluding carboxylic acids is 1. The van der Waals surface area contributed by atoms with E-state index in [1.165, 1.54) is 199 Å². The van der Waals surface area contributed by atoms with Crippen LogP contribution in [0.4, 0.5) is 0 Å². The Hall–Kier alpha value is -0.760. The zero-order valence-electron chi connectivity index (χ0n) is 40.0. The number of aliphatic hydroxyl groups excluding tert-OH is 1. The lowest BCUT2D eigenvalue weighted by atomic mass is 10.0. The van der Waals surface area contributed by atoms with Crippen LogP contribution in [0.3, 0.4) is 0 Å². The number of nitrogens with one attached hydrogen (secondary N) is 1. The molecule has 1 amide bonds. The fourth-order valence-electron chi connectivity index (χ4n) is 7.69. The van der Waals surface area contributed by atoms with Gasteiger partial charge < -0.3 is 19.8 Å². The molecule has 0 aromatic carbocycles. The van der Waals surface area contributed by atoms with Crippen molar-refractivity contribution >= 4 is 13.7 Å². The van der Waals surface area contributed by atoms with Gasteiger partial charge in [-0.15, -0.1) is 0 Å². The number of quaternary nitrogens is 1. The minimum absolute atomic E-state index is 0.0648. The summed E-state index contributed by atoms with van der Waals surface area (Å²) in [5.41, 5.74) is 0. The molecular weight excluding hydrogens is 756 g/mol.